The van der Waals surface area contributed by atoms with Gasteiger partial charge in [-0.25, -0.2) is 4.39 Å². The molecule has 1 aromatic heterocycles. The second-order valence-electron chi connectivity index (χ2n) is 7.53. The van der Waals surface area contributed by atoms with Gasteiger partial charge in [0, 0.05) is 4.88 Å². The summed E-state index contributed by atoms with van der Waals surface area (Å²) in [5.41, 5.74) is 3.46. The van der Waals surface area contributed by atoms with Crippen LogP contribution in [0.2, 0.25) is 5.02 Å². The number of benzene rings is 2. The van der Waals surface area contributed by atoms with Crippen LogP contribution in [0.25, 0.3) is 0 Å². The van der Waals surface area contributed by atoms with Crippen molar-refractivity contribution in [2.24, 2.45) is 0 Å². The Morgan fingerprint density at radius 2 is 1.87 bits per heavy atom. The van der Waals surface area contributed by atoms with Crippen LogP contribution in [-0.4, -0.2) is 18.4 Å². The van der Waals surface area contributed by atoms with Crippen molar-refractivity contribution in [3.8, 4) is 0 Å². The van der Waals surface area contributed by atoms with E-state index in [1.165, 1.54) is 36.1 Å². The highest BCUT2D eigenvalue weighted by atomic mass is 35.5. The van der Waals surface area contributed by atoms with Crippen molar-refractivity contribution >= 4 is 34.8 Å². The minimum atomic E-state index is -0.726. The summed E-state index contributed by atoms with van der Waals surface area (Å²) in [5, 5.41) is 7.44. The summed E-state index contributed by atoms with van der Waals surface area (Å²) in [5.74, 6) is -1.81. The normalized spacial score (nSPS) is 13.9. The molecular formula is C24H22ClFN2O2S. The quantitative estimate of drug-likeness (QED) is 0.545. The molecule has 0 saturated heterocycles. The summed E-state index contributed by atoms with van der Waals surface area (Å²) in [6.45, 7) is -0.281. The number of fused-ring (bicyclic) bond motifs is 1. The number of halogens is 2. The molecule has 7 heteroatoms. The molecule has 0 spiro atoms. The van der Waals surface area contributed by atoms with Gasteiger partial charge in [-0.1, -0.05) is 41.9 Å². The number of rotatable bonds is 6. The third kappa shape index (κ3) is 4.97. The maximum atomic E-state index is 13.9. The van der Waals surface area contributed by atoms with Crippen LogP contribution in [0.1, 0.15) is 50.8 Å². The lowest BCUT2D eigenvalue weighted by atomic mass is 9.89. The zero-order chi connectivity index (χ0) is 21.8. The van der Waals surface area contributed by atoms with Crippen molar-refractivity contribution in [3.05, 3.63) is 91.9 Å². The summed E-state index contributed by atoms with van der Waals surface area (Å²) in [7, 11) is 0. The van der Waals surface area contributed by atoms with E-state index in [1.807, 2.05) is 17.5 Å². The molecule has 0 aliphatic heterocycles. The summed E-state index contributed by atoms with van der Waals surface area (Å²) < 4.78 is 13.9. The lowest BCUT2D eigenvalue weighted by molar-refractivity contribution is -0.120. The molecule has 2 N–H and O–H groups in total. The Morgan fingerprint density at radius 3 is 2.61 bits per heavy atom. The molecule has 0 bridgehead atoms. The topological polar surface area (TPSA) is 58.2 Å². The smallest absolute Gasteiger partial charge is 0.256 e. The Balaban J connectivity index is 1.48. The van der Waals surface area contributed by atoms with Gasteiger partial charge in [-0.2, -0.15) is 0 Å². The largest absolute Gasteiger partial charge is 0.343 e. The van der Waals surface area contributed by atoms with E-state index in [4.69, 9.17) is 11.6 Å². The standard InChI is InChI=1S/C24H22ClFN2O2S/c25-18-7-3-8-19(26)22(18)24(30)27-14-21(29)28-23(20-9-4-12-31-20)17-11-10-15-5-1-2-6-16(15)13-17/h3-4,7-13,23H,1-2,5-6,14H2,(H,27,30)(H,28,29). The highest BCUT2D eigenvalue weighted by Gasteiger charge is 2.21. The van der Waals surface area contributed by atoms with Gasteiger partial charge in [-0.05, 0) is 66.0 Å². The fraction of sp³-hybridized carbons (Fsp3) is 0.250. The molecule has 1 heterocycles. The van der Waals surface area contributed by atoms with Gasteiger partial charge in [0.2, 0.25) is 5.91 Å². The minimum absolute atomic E-state index is 0.00318. The van der Waals surface area contributed by atoms with Gasteiger partial charge in [0.25, 0.3) is 5.91 Å². The molecule has 31 heavy (non-hydrogen) atoms. The van der Waals surface area contributed by atoms with E-state index >= 15 is 0 Å². The van der Waals surface area contributed by atoms with Crippen molar-refractivity contribution in [2.45, 2.75) is 31.7 Å². The molecule has 1 aliphatic rings. The van der Waals surface area contributed by atoms with Crippen molar-refractivity contribution in [3.63, 3.8) is 0 Å². The monoisotopic (exact) mass is 456 g/mol. The highest BCUT2D eigenvalue weighted by molar-refractivity contribution is 7.10. The number of thiophene rings is 1. The van der Waals surface area contributed by atoms with Gasteiger partial charge in [0.1, 0.15) is 5.82 Å². The van der Waals surface area contributed by atoms with Crippen LogP contribution in [0.15, 0.2) is 53.9 Å². The van der Waals surface area contributed by atoms with Crippen LogP contribution < -0.4 is 10.6 Å². The molecule has 0 radical (unpaired) electrons. The lowest BCUT2D eigenvalue weighted by Gasteiger charge is -2.22. The first-order chi connectivity index (χ1) is 15.0. The van der Waals surface area contributed by atoms with Crippen molar-refractivity contribution in [1.29, 1.82) is 0 Å². The molecule has 4 nitrogen and oxygen atoms in total. The SMILES string of the molecule is O=C(CNC(=O)c1c(F)cccc1Cl)NC(c1ccc2c(c1)CCCC2)c1cccs1. The van der Waals surface area contributed by atoms with E-state index < -0.39 is 11.7 Å². The Bertz CT molecular complexity index is 1080. The second kappa shape index (κ2) is 9.62. The highest BCUT2D eigenvalue weighted by Crippen LogP contribution is 2.30. The third-order valence-electron chi connectivity index (χ3n) is 5.44. The number of carbonyl (C=O) groups excluding carboxylic acids is 2. The molecule has 160 valence electrons. The van der Waals surface area contributed by atoms with E-state index in [9.17, 15) is 14.0 Å². The van der Waals surface area contributed by atoms with Gasteiger partial charge in [0.05, 0.1) is 23.2 Å². The molecule has 2 amide bonds. The van der Waals surface area contributed by atoms with Crippen LogP contribution >= 0.6 is 22.9 Å². The summed E-state index contributed by atoms with van der Waals surface area (Å²) >= 11 is 7.49. The van der Waals surface area contributed by atoms with Crippen LogP contribution in [0, 0.1) is 5.82 Å². The van der Waals surface area contributed by atoms with Gasteiger partial charge in [-0.15, -0.1) is 11.3 Å². The van der Waals surface area contributed by atoms with E-state index in [0.29, 0.717) is 0 Å². The molecule has 1 aliphatic carbocycles. The summed E-state index contributed by atoms with van der Waals surface area (Å²) in [4.78, 5) is 26.0. The average molecular weight is 457 g/mol. The number of hydrogen-bond acceptors (Lipinski definition) is 3. The molecule has 3 aromatic rings. The van der Waals surface area contributed by atoms with E-state index in [1.54, 1.807) is 11.3 Å². The van der Waals surface area contributed by atoms with Crippen molar-refractivity contribution in [1.82, 2.24) is 10.6 Å². The third-order valence-corrected chi connectivity index (χ3v) is 6.69. The van der Waals surface area contributed by atoms with Crippen LogP contribution in [-0.2, 0) is 17.6 Å². The van der Waals surface area contributed by atoms with Crippen LogP contribution in [0.5, 0.6) is 0 Å². The Labute approximate surface area is 189 Å². The molecule has 0 fully saturated rings. The van der Waals surface area contributed by atoms with Crippen molar-refractivity contribution < 1.29 is 14.0 Å². The lowest BCUT2D eigenvalue weighted by Crippen LogP contribution is -2.39. The Morgan fingerprint density at radius 1 is 1.06 bits per heavy atom. The molecule has 1 atom stereocenters. The number of amides is 2. The maximum absolute atomic E-state index is 13.9. The maximum Gasteiger partial charge on any atom is 0.256 e. The molecule has 4 rings (SSSR count). The first kappa shape index (κ1) is 21.5. The van der Waals surface area contributed by atoms with E-state index in [-0.39, 0.29) is 29.1 Å². The average Bonchev–Trinajstić information content (AvgIpc) is 3.30. The zero-order valence-corrected chi connectivity index (χ0v) is 18.4. The second-order valence-corrected chi connectivity index (χ2v) is 8.92. The van der Waals surface area contributed by atoms with Gasteiger partial charge < -0.3 is 10.6 Å². The predicted octanol–water partition coefficient (Wildman–Crippen LogP) is 5.06. The Hall–Kier alpha value is -2.70. The first-order valence-corrected chi connectivity index (χ1v) is 11.5. The van der Waals surface area contributed by atoms with Crippen LogP contribution in [0.3, 0.4) is 0 Å². The van der Waals surface area contributed by atoms with E-state index in [2.05, 4.69) is 28.8 Å². The molecule has 1 unspecified atom stereocenters. The fourth-order valence-corrected chi connectivity index (χ4v) is 4.93. The number of carbonyl (C=O) groups is 2. The predicted molar refractivity (Wildman–Crippen MR) is 121 cm³/mol. The fourth-order valence-electron chi connectivity index (χ4n) is 3.88. The van der Waals surface area contributed by atoms with Gasteiger partial charge in [-0.3, -0.25) is 9.59 Å². The Kier molecular flexibility index (Phi) is 6.68. The van der Waals surface area contributed by atoms with Crippen molar-refractivity contribution in [2.75, 3.05) is 6.54 Å². The van der Waals surface area contributed by atoms with Gasteiger partial charge in [0.15, 0.2) is 0 Å². The zero-order valence-electron chi connectivity index (χ0n) is 16.8. The molecule has 0 saturated carbocycles. The van der Waals surface area contributed by atoms with Crippen LogP contribution in [0.4, 0.5) is 4.39 Å². The molecule has 2 aromatic carbocycles. The van der Waals surface area contributed by atoms with Gasteiger partial charge >= 0.3 is 0 Å². The number of hydrogen-bond donors (Lipinski definition) is 2. The first-order valence-electron chi connectivity index (χ1n) is 10.2. The summed E-state index contributed by atoms with van der Waals surface area (Å²) in [6.07, 6.45) is 4.53. The van der Waals surface area contributed by atoms with E-state index in [0.717, 1.165) is 29.3 Å². The molecular weight excluding hydrogens is 435 g/mol. The number of nitrogens with one attached hydrogen (secondary N) is 2. The minimum Gasteiger partial charge on any atom is -0.343 e. The number of aryl methyl sites for hydroxylation is 2. The summed E-state index contributed by atoms with van der Waals surface area (Å²) in [6, 6.07) is 14.0.